The van der Waals surface area contributed by atoms with Crippen molar-refractivity contribution in [3.63, 3.8) is 0 Å². The monoisotopic (exact) mass is 282 g/mol. The number of hydrogen-bond donors (Lipinski definition) is 3. The number of carboxylic acid groups (broad SMARTS) is 1. The Morgan fingerprint density at radius 2 is 1.45 bits per heavy atom. The second-order valence-electron chi connectivity index (χ2n) is 6.60. The van der Waals surface area contributed by atoms with Gasteiger partial charge < -0.3 is 16.2 Å². The smallest absolute Gasteiger partial charge is 0.329 e. The van der Waals surface area contributed by atoms with Gasteiger partial charge >= 0.3 is 5.97 Å². The highest BCUT2D eigenvalue weighted by molar-refractivity contribution is 5.87. The zero-order valence-electron chi connectivity index (χ0n) is 12.1. The van der Waals surface area contributed by atoms with E-state index in [0.717, 1.165) is 44.9 Å². The molecule has 0 atom stereocenters. The van der Waals surface area contributed by atoms with E-state index in [9.17, 15) is 14.7 Å². The predicted octanol–water partition coefficient (Wildman–Crippen LogP) is 1.94. The molecule has 2 aliphatic rings. The van der Waals surface area contributed by atoms with E-state index < -0.39 is 17.0 Å². The molecule has 0 unspecified atom stereocenters. The van der Waals surface area contributed by atoms with Crippen LogP contribution in [-0.2, 0) is 9.59 Å². The summed E-state index contributed by atoms with van der Waals surface area (Å²) < 4.78 is 0. The molecule has 5 heteroatoms. The molecule has 2 fully saturated rings. The molecule has 114 valence electrons. The van der Waals surface area contributed by atoms with Crippen LogP contribution in [0.4, 0.5) is 0 Å². The molecule has 0 spiro atoms. The van der Waals surface area contributed by atoms with Crippen molar-refractivity contribution in [2.45, 2.75) is 81.7 Å². The predicted molar refractivity (Wildman–Crippen MR) is 76.2 cm³/mol. The van der Waals surface area contributed by atoms with Gasteiger partial charge in [0.1, 0.15) is 5.54 Å². The van der Waals surface area contributed by atoms with Gasteiger partial charge in [-0.15, -0.1) is 0 Å². The average Bonchev–Trinajstić information content (AvgIpc) is 2.39. The maximum Gasteiger partial charge on any atom is 0.329 e. The van der Waals surface area contributed by atoms with Crippen LogP contribution in [0.25, 0.3) is 0 Å². The first kappa shape index (κ1) is 15.3. The van der Waals surface area contributed by atoms with Crippen molar-refractivity contribution >= 4 is 11.9 Å². The lowest BCUT2D eigenvalue weighted by molar-refractivity contribution is -0.149. The van der Waals surface area contributed by atoms with E-state index in [4.69, 9.17) is 5.73 Å². The molecule has 0 radical (unpaired) electrons. The summed E-state index contributed by atoms with van der Waals surface area (Å²) in [4.78, 5) is 23.8. The molecule has 0 aromatic carbocycles. The lowest BCUT2D eigenvalue weighted by atomic mass is 9.78. The van der Waals surface area contributed by atoms with Crippen LogP contribution in [0.2, 0.25) is 0 Å². The molecular formula is C15H26N2O3. The van der Waals surface area contributed by atoms with Crippen molar-refractivity contribution in [2.24, 2.45) is 5.73 Å². The highest BCUT2D eigenvalue weighted by Gasteiger charge is 2.42. The van der Waals surface area contributed by atoms with Crippen molar-refractivity contribution < 1.29 is 14.7 Å². The molecule has 0 aliphatic heterocycles. The quantitative estimate of drug-likeness (QED) is 0.734. The minimum atomic E-state index is -1.06. The van der Waals surface area contributed by atoms with Gasteiger partial charge in [0.05, 0.1) is 0 Å². The lowest BCUT2D eigenvalue weighted by Crippen LogP contribution is -2.57. The molecule has 4 N–H and O–H groups in total. The molecule has 0 bridgehead atoms. The van der Waals surface area contributed by atoms with Gasteiger partial charge in [0, 0.05) is 12.0 Å². The molecule has 2 rings (SSSR count). The maximum absolute atomic E-state index is 12.2. The number of nitrogens with two attached hydrogens (primary N) is 1. The van der Waals surface area contributed by atoms with Gasteiger partial charge in [0.15, 0.2) is 0 Å². The van der Waals surface area contributed by atoms with E-state index in [1.165, 1.54) is 6.42 Å². The number of rotatable bonds is 4. The Balaban J connectivity index is 1.96. The highest BCUT2D eigenvalue weighted by atomic mass is 16.4. The van der Waals surface area contributed by atoms with Crippen molar-refractivity contribution in [1.82, 2.24) is 5.32 Å². The number of carboxylic acids is 1. The molecule has 0 aromatic rings. The summed E-state index contributed by atoms with van der Waals surface area (Å²) in [5.41, 5.74) is 4.79. The van der Waals surface area contributed by atoms with Gasteiger partial charge in [0.2, 0.25) is 5.91 Å². The van der Waals surface area contributed by atoms with Crippen LogP contribution < -0.4 is 11.1 Å². The molecule has 20 heavy (non-hydrogen) atoms. The summed E-state index contributed by atoms with van der Waals surface area (Å²) in [5.74, 6) is -1.10. The first-order valence-corrected chi connectivity index (χ1v) is 7.79. The largest absolute Gasteiger partial charge is 0.480 e. The molecule has 0 heterocycles. The SMILES string of the molecule is NC1(CC(=O)NC2(C(=O)O)CCCCC2)CCCCC1. The Morgan fingerprint density at radius 3 is 1.95 bits per heavy atom. The zero-order chi connectivity index (χ0) is 14.6. The number of aliphatic carboxylic acids is 1. The molecule has 1 amide bonds. The Kier molecular flexibility index (Phi) is 4.68. The average molecular weight is 282 g/mol. The van der Waals surface area contributed by atoms with Gasteiger partial charge in [-0.25, -0.2) is 4.79 Å². The molecular weight excluding hydrogens is 256 g/mol. The van der Waals surface area contributed by atoms with E-state index in [0.29, 0.717) is 12.8 Å². The summed E-state index contributed by atoms with van der Waals surface area (Å²) in [5, 5.41) is 12.2. The Hall–Kier alpha value is -1.10. The van der Waals surface area contributed by atoms with E-state index in [2.05, 4.69) is 5.32 Å². The van der Waals surface area contributed by atoms with Gasteiger partial charge in [-0.05, 0) is 25.7 Å². The van der Waals surface area contributed by atoms with Crippen LogP contribution in [0, 0.1) is 0 Å². The number of amides is 1. The first-order chi connectivity index (χ1) is 9.46. The zero-order valence-corrected chi connectivity index (χ0v) is 12.1. The third-order valence-corrected chi connectivity index (χ3v) is 4.86. The van der Waals surface area contributed by atoms with Crippen LogP contribution >= 0.6 is 0 Å². The highest BCUT2D eigenvalue weighted by Crippen LogP contribution is 2.31. The number of nitrogens with one attached hydrogen (secondary N) is 1. The second-order valence-corrected chi connectivity index (χ2v) is 6.60. The third kappa shape index (κ3) is 3.51. The Bertz CT molecular complexity index is 369. The van der Waals surface area contributed by atoms with Crippen molar-refractivity contribution in [1.29, 1.82) is 0 Å². The fourth-order valence-corrected chi connectivity index (χ4v) is 3.61. The summed E-state index contributed by atoms with van der Waals surface area (Å²) in [6, 6.07) is 0. The Morgan fingerprint density at radius 1 is 0.950 bits per heavy atom. The minimum Gasteiger partial charge on any atom is -0.480 e. The van der Waals surface area contributed by atoms with Gasteiger partial charge in [0.25, 0.3) is 0 Å². The van der Waals surface area contributed by atoms with Gasteiger partial charge in [-0.2, -0.15) is 0 Å². The number of hydrogen-bond acceptors (Lipinski definition) is 3. The number of carbonyl (C=O) groups excluding carboxylic acids is 1. The van der Waals surface area contributed by atoms with E-state index in [1.807, 2.05) is 0 Å². The maximum atomic E-state index is 12.2. The third-order valence-electron chi connectivity index (χ3n) is 4.86. The summed E-state index contributed by atoms with van der Waals surface area (Å²) in [6.45, 7) is 0. The summed E-state index contributed by atoms with van der Waals surface area (Å²) >= 11 is 0. The standard InChI is InChI=1S/C15H26N2O3/c16-14(7-3-1-4-8-14)11-12(18)17-15(13(19)20)9-5-2-6-10-15/h1-11,16H2,(H,17,18)(H,19,20). The Labute approximate surface area is 120 Å². The van der Waals surface area contributed by atoms with Crippen molar-refractivity contribution in [2.75, 3.05) is 0 Å². The molecule has 5 nitrogen and oxygen atoms in total. The van der Waals surface area contributed by atoms with Crippen LogP contribution in [-0.4, -0.2) is 28.1 Å². The van der Waals surface area contributed by atoms with Crippen LogP contribution in [0.5, 0.6) is 0 Å². The normalized spacial score (nSPS) is 24.9. The molecule has 0 aromatic heterocycles. The van der Waals surface area contributed by atoms with Gasteiger partial charge in [-0.1, -0.05) is 38.5 Å². The minimum absolute atomic E-state index is 0.196. The fraction of sp³-hybridized carbons (Fsp3) is 0.867. The lowest BCUT2D eigenvalue weighted by Gasteiger charge is -2.37. The van der Waals surface area contributed by atoms with E-state index >= 15 is 0 Å². The first-order valence-electron chi connectivity index (χ1n) is 7.79. The topological polar surface area (TPSA) is 92.4 Å². The number of carbonyl (C=O) groups is 2. The fourth-order valence-electron chi connectivity index (χ4n) is 3.61. The second kappa shape index (κ2) is 6.12. The van der Waals surface area contributed by atoms with E-state index in [1.54, 1.807) is 0 Å². The molecule has 2 saturated carbocycles. The molecule has 0 saturated heterocycles. The van der Waals surface area contributed by atoms with Crippen LogP contribution in [0.1, 0.15) is 70.6 Å². The van der Waals surface area contributed by atoms with E-state index in [-0.39, 0.29) is 12.3 Å². The molecule has 2 aliphatic carbocycles. The summed E-state index contributed by atoms with van der Waals surface area (Å²) in [6.07, 6.45) is 9.12. The summed E-state index contributed by atoms with van der Waals surface area (Å²) in [7, 11) is 0. The van der Waals surface area contributed by atoms with Crippen LogP contribution in [0.3, 0.4) is 0 Å². The van der Waals surface area contributed by atoms with Gasteiger partial charge in [-0.3, -0.25) is 4.79 Å². The van der Waals surface area contributed by atoms with Crippen LogP contribution in [0.15, 0.2) is 0 Å². The van der Waals surface area contributed by atoms with Crippen molar-refractivity contribution in [3.05, 3.63) is 0 Å². The van der Waals surface area contributed by atoms with Crippen molar-refractivity contribution in [3.8, 4) is 0 Å².